The van der Waals surface area contributed by atoms with Crippen molar-refractivity contribution in [2.75, 3.05) is 20.3 Å². The van der Waals surface area contributed by atoms with Gasteiger partial charge in [0.15, 0.2) is 0 Å². The van der Waals surface area contributed by atoms with Crippen LogP contribution in [0.15, 0.2) is 41.4 Å². The molecule has 2 aromatic rings. The van der Waals surface area contributed by atoms with Crippen LogP contribution in [-0.4, -0.2) is 30.2 Å². The summed E-state index contributed by atoms with van der Waals surface area (Å²) in [5, 5.41) is 3.23. The molecule has 0 aliphatic rings. The lowest BCUT2D eigenvalue weighted by Crippen LogP contribution is -2.19. The minimum Gasteiger partial charge on any atom is -0.383 e. The Balaban J connectivity index is 1.87. The van der Waals surface area contributed by atoms with E-state index in [4.69, 9.17) is 4.74 Å². The summed E-state index contributed by atoms with van der Waals surface area (Å²) in [4.78, 5) is 9.29. The minimum atomic E-state index is -0.208. The fourth-order valence-electron chi connectivity index (χ4n) is 1.70. The molecule has 1 N–H and O–H groups in total. The largest absolute Gasteiger partial charge is 0.383 e. The van der Waals surface area contributed by atoms with Crippen LogP contribution in [0.25, 0.3) is 0 Å². The molecule has 1 aromatic carbocycles. The molecule has 0 amide bonds. The van der Waals surface area contributed by atoms with Crippen molar-refractivity contribution in [3.8, 4) is 0 Å². The molecule has 2 rings (SSSR count). The second-order valence-electron chi connectivity index (χ2n) is 4.35. The first-order chi connectivity index (χ1) is 10.3. The summed E-state index contributed by atoms with van der Waals surface area (Å²) in [7, 11) is 1.67. The normalized spacial score (nSPS) is 10.8. The molecule has 6 heteroatoms. The summed E-state index contributed by atoms with van der Waals surface area (Å²) in [5.41, 5.74) is 0.922. The van der Waals surface area contributed by atoms with E-state index in [1.54, 1.807) is 25.4 Å². The maximum atomic E-state index is 13.5. The second kappa shape index (κ2) is 8.71. The van der Waals surface area contributed by atoms with E-state index in [9.17, 15) is 4.39 Å². The van der Waals surface area contributed by atoms with Gasteiger partial charge in [-0.1, -0.05) is 12.1 Å². The maximum Gasteiger partial charge on any atom is 0.138 e. The molecule has 0 fully saturated rings. The van der Waals surface area contributed by atoms with Gasteiger partial charge in [0.1, 0.15) is 11.6 Å². The molecule has 0 spiro atoms. The standard InChI is InChI=1S/C15H18FN3OS/c1-20-9-8-17-10-12-6-7-18-15(19-12)11-21-14-5-3-2-4-13(14)16/h2-7,17H,8-11H2,1H3. The molecular weight excluding hydrogens is 289 g/mol. The van der Waals surface area contributed by atoms with Crippen molar-refractivity contribution in [1.29, 1.82) is 0 Å². The molecule has 1 heterocycles. The molecule has 4 nitrogen and oxygen atoms in total. The zero-order valence-corrected chi connectivity index (χ0v) is 12.7. The van der Waals surface area contributed by atoms with Crippen LogP contribution in [0, 0.1) is 5.82 Å². The van der Waals surface area contributed by atoms with Gasteiger partial charge in [-0.15, -0.1) is 11.8 Å². The molecular formula is C15H18FN3OS. The fourth-order valence-corrected chi connectivity index (χ4v) is 2.51. The molecule has 0 unspecified atom stereocenters. The van der Waals surface area contributed by atoms with Gasteiger partial charge >= 0.3 is 0 Å². The first kappa shape index (κ1) is 15.9. The summed E-state index contributed by atoms with van der Waals surface area (Å²) >= 11 is 1.40. The summed E-state index contributed by atoms with van der Waals surface area (Å²) in [6.07, 6.45) is 1.73. The van der Waals surface area contributed by atoms with Crippen molar-refractivity contribution in [3.63, 3.8) is 0 Å². The molecule has 1 aromatic heterocycles. The monoisotopic (exact) mass is 307 g/mol. The Bertz CT molecular complexity index is 568. The van der Waals surface area contributed by atoms with Crippen LogP contribution in [0.2, 0.25) is 0 Å². The second-order valence-corrected chi connectivity index (χ2v) is 5.37. The quantitative estimate of drug-likeness (QED) is 0.600. The number of nitrogens with zero attached hydrogens (tertiary/aromatic N) is 2. The Labute approximate surface area is 128 Å². The summed E-state index contributed by atoms with van der Waals surface area (Å²) < 4.78 is 18.5. The van der Waals surface area contributed by atoms with Crippen molar-refractivity contribution in [2.24, 2.45) is 0 Å². The lowest BCUT2D eigenvalue weighted by molar-refractivity contribution is 0.199. The summed E-state index contributed by atoms with van der Waals surface area (Å²) in [6, 6.07) is 8.59. The topological polar surface area (TPSA) is 47.0 Å². The van der Waals surface area contributed by atoms with Gasteiger partial charge < -0.3 is 10.1 Å². The van der Waals surface area contributed by atoms with E-state index in [2.05, 4.69) is 15.3 Å². The van der Waals surface area contributed by atoms with Crippen molar-refractivity contribution >= 4 is 11.8 Å². The van der Waals surface area contributed by atoms with Crippen LogP contribution in [0.4, 0.5) is 4.39 Å². The third-order valence-electron chi connectivity index (χ3n) is 2.75. The summed E-state index contributed by atoms with van der Waals surface area (Å²) in [6.45, 7) is 2.12. The summed E-state index contributed by atoms with van der Waals surface area (Å²) in [5.74, 6) is 1.04. The fraction of sp³-hybridized carbons (Fsp3) is 0.333. The minimum absolute atomic E-state index is 0.208. The van der Waals surface area contributed by atoms with Gasteiger partial charge in [-0.2, -0.15) is 0 Å². The van der Waals surface area contributed by atoms with Gasteiger partial charge in [0.25, 0.3) is 0 Å². The number of halogens is 1. The van der Waals surface area contributed by atoms with Gasteiger partial charge in [-0.3, -0.25) is 0 Å². The Morgan fingerprint density at radius 1 is 1.29 bits per heavy atom. The highest BCUT2D eigenvalue weighted by Crippen LogP contribution is 2.23. The van der Waals surface area contributed by atoms with Crippen LogP contribution >= 0.6 is 11.8 Å². The van der Waals surface area contributed by atoms with Crippen LogP contribution in [-0.2, 0) is 17.0 Å². The van der Waals surface area contributed by atoms with E-state index in [1.165, 1.54) is 17.8 Å². The number of methoxy groups -OCH3 is 1. The predicted molar refractivity (Wildman–Crippen MR) is 81.6 cm³/mol. The molecule has 0 saturated heterocycles. The van der Waals surface area contributed by atoms with E-state index >= 15 is 0 Å². The number of benzene rings is 1. The lowest BCUT2D eigenvalue weighted by Gasteiger charge is -2.06. The van der Waals surface area contributed by atoms with Gasteiger partial charge in [0, 0.05) is 31.3 Å². The zero-order valence-electron chi connectivity index (χ0n) is 11.9. The van der Waals surface area contributed by atoms with Gasteiger partial charge in [0.2, 0.25) is 0 Å². The van der Waals surface area contributed by atoms with Crippen molar-refractivity contribution in [3.05, 3.63) is 53.9 Å². The zero-order chi connectivity index (χ0) is 14.9. The average molecular weight is 307 g/mol. The van der Waals surface area contributed by atoms with Crippen LogP contribution < -0.4 is 5.32 Å². The Kier molecular flexibility index (Phi) is 6.59. The number of rotatable bonds is 8. The van der Waals surface area contributed by atoms with E-state index in [-0.39, 0.29) is 5.82 Å². The molecule has 0 atom stereocenters. The molecule has 0 bridgehead atoms. The van der Waals surface area contributed by atoms with Crippen molar-refractivity contribution in [1.82, 2.24) is 15.3 Å². The van der Waals surface area contributed by atoms with E-state index < -0.39 is 0 Å². The molecule has 0 saturated carbocycles. The number of hydrogen-bond donors (Lipinski definition) is 1. The van der Waals surface area contributed by atoms with Gasteiger partial charge in [0.05, 0.1) is 18.1 Å². The molecule has 0 aliphatic carbocycles. The number of thioether (sulfide) groups is 1. The van der Waals surface area contributed by atoms with Crippen LogP contribution in [0.3, 0.4) is 0 Å². The average Bonchev–Trinajstić information content (AvgIpc) is 2.51. The lowest BCUT2D eigenvalue weighted by atomic mass is 10.3. The molecule has 0 aliphatic heterocycles. The highest BCUT2D eigenvalue weighted by Gasteiger charge is 2.04. The van der Waals surface area contributed by atoms with Gasteiger partial charge in [-0.05, 0) is 18.2 Å². The number of hydrogen-bond acceptors (Lipinski definition) is 5. The number of ether oxygens (including phenoxy) is 1. The smallest absolute Gasteiger partial charge is 0.138 e. The predicted octanol–water partition coefficient (Wildman–Crippen LogP) is 2.64. The maximum absolute atomic E-state index is 13.5. The van der Waals surface area contributed by atoms with Gasteiger partial charge in [-0.25, -0.2) is 14.4 Å². The Morgan fingerprint density at radius 3 is 2.95 bits per heavy atom. The third kappa shape index (κ3) is 5.41. The molecule has 21 heavy (non-hydrogen) atoms. The Hall–Kier alpha value is -1.50. The number of aromatic nitrogens is 2. The van der Waals surface area contributed by atoms with Crippen molar-refractivity contribution < 1.29 is 9.13 Å². The van der Waals surface area contributed by atoms with Crippen LogP contribution in [0.1, 0.15) is 11.5 Å². The highest BCUT2D eigenvalue weighted by molar-refractivity contribution is 7.98. The third-order valence-corrected chi connectivity index (χ3v) is 3.79. The first-order valence-electron chi connectivity index (χ1n) is 6.67. The SMILES string of the molecule is COCCNCc1ccnc(CSc2ccccc2F)n1. The van der Waals surface area contributed by atoms with Crippen molar-refractivity contribution in [2.45, 2.75) is 17.2 Å². The number of nitrogens with one attached hydrogen (secondary N) is 1. The first-order valence-corrected chi connectivity index (χ1v) is 7.66. The van der Waals surface area contributed by atoms with E-state index in [0.717, 1.165) is 12.2 Å². The van der Waals surface area contributed by atoms with E-state index in [1.807, 2.05) is 12.1 Å². The molecule has 112 valence electrons. The Morgan fingerprint density at radius 2 is 2.14 bits per heavy atom. The van der Waals surface area contributed by atoms with Crippen LogP contribution in [0.5, 0.6) is 0 Å². The van der Waals surface area contributed by atoms with E-state index in [0.29, 0.717) is 29.6 Å². The highest BCUT2D eigenvalue weighted by atomic mass is 32.2. The molecule has 0 radical (unpaired) electrons.